The number of carbonyl (C=O) groups is 1. The van der Waals surface area contributed by atoms with E-state index < -0.39 is 6.10 Å². The molecule has 4 rings (SSSR count). The van der Waals surface area contributed by atoms with Gasteiger partial charge in [-0.1, -0.05) is 27.7 Å². The molecule has 0 aromatic heterocycles. The van der Waals surface area contributed by atoms with Crippen LogP contribution >= 0.6 is 0 Å². The van der Waals surface area contributed by atoms with Gasteiger partial charge in [0.1, 0.15) is 6.10 Å². The zero-order valence-electron chi connectivity index (χ0n) is 16.8. The zero-order chi connectivity index (χ0) is 18.9. The Morgan fingerprint density at radius 2 is 1.85 bits per heavy atom. The third kappa shape index (κ3) is 2.20. The second-order valence-corrected chi connectivity index (χ2v) is 9.17. The third-order valence-corrected chi connectivity index (χ3v) is 6.81. The van der Waals surface area contributed by atoms with Crippen LogP contribution in [-0.2, 0) is 16.0 Å². The minimum atomic E-state index is -0.460. The van der Waals surface area contributed by atoms with Gasteiger partial charge < -0.3 is 14.2 Å². The second kappa shape index (κ2) is 5.72. The molecule has 2 aliphatic heterocycles. The molecule has 3 atom stereocenters. The van der Waals surface area contributed by atoms with Gasteiger partial charge in [-0.15, -0.1) is 0 Å². The second-order valence-electron chi connectivity index (χ2n) is 9.17. The van der Waals surface area contributed by atoms with Crippen LogP contribution in [0.1, 0.15) is 75.7 Å². The van der Waals surface area contributed by atoms with Crippen LogP contribution in [0, 0.1) is 11.3 Å². The molecule has 3 aliphatic rings. The largest absolute Gasteiger partial charge is 0.493 e. The van der Waals surface area contributed by atoms with Gasteiger partial charge in [-0.25, -0.2) is 0 Å². The summed E-state index contributed by atoms with van der Waals surface area (Å²) >= 11 is 0. The summed E-state index contributed by atoms with van der Waals surface area (Å²) in [5.41, 5.74) is 2.77. The molecule has 1 saturated carbocycles. The number of ketones is 1. The van der Waals surface area contributed by atoms with Crippen molar-refractivity contribution in [1.29, 1.82) is 0 Å². The molecule has 0 unspecified atom stereocenters. The van der Waals surface area contributed by atoms with Gasteiger partial charge in [0.25, 0.3) is 0 Å². The number of benzene rings is 1. The van der Waals surface area contributed by atoms with Crippen LogP contribution in [0.2, 0.25) is 0 Å². The quantitative estimate of drug-likeness (QED) is 0.793. The molecule has 4 nitrogen and oxygen atoms in total. The van der Waals surface area contributed by atoms with Crippen LogP contribution in [0.15, 0.2) is 6.07 Å². The van der Waals surface area contributed by atoms with Crippen molar-refractivity contribution < 1.29 is 19.0 Å². The van der Waals surface area contributed by atoms with E-state index in [0.29, 0.717) is 0 Å². The van der Waals surface area contributed by atoms with Gasteiger partial charge >= 0.3 is 0 Å². The fourth-order valence-electron chi connectivity index (χ4n) is 5.80. The lowest BCUT2D eigenvalue weighted by Crippen LogP contribution is -2.50. The van der Waals surface area contributed by atoms with Crippen LogP contribution in [0.25, 0.3) is 0 Å². The maximum absolute atomic E-state index is 13.4. The fourth-order valence-corrected chi connectivity index (χ4v) is 5.80. The van der Waals surface area contributed by atoms with Crippen molar-refractivity contribution in [3.8, 4) is 11.5 Å². The molecule has 142 valence electrons. The average Bonchev–Trinajstić information content (AvgIpc) is 2.82. The predicted octanol–water partition coefficient (Wildman–Crippen LogP) is 4.59. The van der Waals surface area contributed by atoms with E-state index in [4.69, 9.17) is 14.2 Å². The third-order valence-electron chi connectivity index (χ3n) is 6.81. The molecule has 2 fully saturated rings. The molecule has 0 N–H and O–H groups in total. The van der Waals surface area contributed by atoms with Gasteiger partial charge in [-0.3, -0.25) is 4.79 Å². The summed E-state index contributed by atoms with van der Waals surface area (Å²) in [4.78, 5) is 13.4. The number of Topliss-reactive ketones (excluding diaryl/α,β-unsaturated/α-hetero) is 1. The summed E-state index contributed by atoms with van der Waals surface area (Å²) in [6.45, 7) is 8.72. The van der Waals surface area contributed by atoms with Crippen molar-refractivity contribution in [2.24, 2.45) is 11.3 Å². The topological polar surface area (TPSA) is 44.8 Å². The Hall–Kier alpha value is -1.55. The van der Waals surface area contributed by atoms with E-state index in [9.17, 15) is 4.79 Å². The van der Waals surface area contributed by atoms with Crippen LogP contribution in [0.4, 0.5) is 0 Å². The molecular weight excluding hydrogens is 328 g/mol. The van der Waals surface area contributed by atoms with Crippen molar-refractivity contribution in [3.05, 3.63) is 22.8 Å². The van der Waals surface area contributed by atoms with Gasteiger partial charge in [-0.05, 0) is 42.2 Å². The highest BCUT2D eigenvalue weighted by atomic mass is 16.5. The van der Waals surface area contributed by atoms with Crippen LogP contribution < -0.4 is 9.47 Å². The zero-order valence-corrected chi connectivity index (χ0v) is 16.8. The molecule has 26 heavy (non-hydrogen) atoms. The lowest BCUT2D eigenvalue weighted by atomic mass is 9.60. The summed E-state index contributed by atoms with van der Waals surface area (Å²) in [5.74, 6) is 2.08. The molecule has 1 spiro atoms. The smallest absolute Gasteiger partial charge is 0.172 e. The van der Waals surface area contributed by atoms with Crippen LogP contribution in [-0.4, -0.2) is 25.6 Å². The van der Waals surface area contributed by atoms with Gasteiger partial charge in [0.2, 0.25) is 0 Å². The highest BCUT2D eigenvalue weighted by molar-refractivity contribution is 5.92. The van der Waals surface area contributed by atoms with E-state index in [1.807, 2.05) is 0 Å². The first-order chi connectivity index (χ1) is 12.3. The summed E-state index contributed by atoms with van der Waals surface area (Å²) in [6.07, 6.45) is 3.40. The number of carbonyl (C=O) groups excluding carboxylic acids is 1. The van der Waals surface area contributed by atoms with Crippen LogP contribution in [0.5, 0.6) is 11.5 Å². The lowest BCUT2D eigenvalue weighted by molar-refractivity contribution is -0.127. The van der Waals surface area contributed by atoms with E-state index in [2.05, 4.69) is 33.8 Å². The number of hydrogen-bond acceptors (Lipinski definition) is 4. The van der Waals surface area contributed by atoms with E-state index in [0.717, 1.165) is 53.9 Å². The first kappa shape index (κ1) is 17.8. The maximum Gasteiger partial charge on any atom is 0.172 e. The molecule has 2 heterocycles. The monoisotopic (exact) mass is 358 g/mol. The van der Waals surface area contributed by atoms with E-state index in [-0.39, 0.29) is 28.6 Å². The first-order valence-corrected chi connectivity index (χ1v) is 9.75. The summed E-state index contributed by atoms with van der Waals surface area (Å²) in [6, 6.07) is 2.13. The maximum atomic E-state index is 13.4. The fraction of sp³-hybridized carbons (Fsp3) is 0.682. The van der Waals surface area contributed by atoms with Gasteiger partial charge in [0.05, 0.1) is 25.7 Å². The first-order valence-electron chi connectivity index (χ1n) is 9.75. The minimum absolute atomic E-state index is 0.0235. The molecule has 0 radical (unpaired) electrons. The molecule has 1 aliphatic carbocycles. The normalized spacial score (nSPS) is 31.6. The molecular formula is C22H30O4. The number of hydrogen-bond donors (Lipinski definition) is 0. The SMILES string of the molecule is COc1c(C(C)C)cc2c(c1OC)C[C@@]13CCCC(C)(C)[C@H]1C(=O)[C@@H]2O3. The average molecular weight is 358 g/mol. The van der Waals surface area contributed by atoms with Crippen molar-refractivity contribution in [2.75, 3.05) is 14.2 Å². The molecule has 4 heteroatoms. The Bertz CT molecular complexity index is 764. The predicted molar refractivity (Wildman–Crippen MR) is 100 cm³/mol. The summed E-state index contributed by atoms with van der Waals surface area (Å²) in [7, 11) is 3.39. The number of ether oxygens (including phenoxy) is 3. The number of fused-ring (bicyclic) bond motifs is 3. The van der Waals surface area contributed by atoms with Gasteiger partial charge in [0, 0.05) is 17.5 Å². The van der Waals surface area contributed by atoms with Crippen molar-refractivity contribution in [3.63, 3.8) is 0 Å². The Morgan fingerprint density at radius 1 is 1.15 bits per heavy atom. The molecule has 1 aromatic carbocycles. The van der Waals surface area contributed by atoms with E-state index in [1.165, 1.54) is 0 Å². The van der Waals surface area contributed by atoms with Crippen molar-refractivity contribution in [2.45, 2.75) is 71.0 Å². The Morgan fingerprint density at radius 3 is 2.46 bits per heavy atom. The van der Waals surface area contributed by atoms with Crippen molar-refractivity contribution >= 4 is 5.78 Å². The van der Waals surface area contributed by atoms with Crippen LogP contribution in [0.3, 0.4) is 0 Å². The summed E-state index contributed by atoms with van der Waals surface area (Å²) < 4.78 is 18.1. The van der Waals surface area contributed by atoms with E-state index >= 15 is 0 Å². The van der Waals surface area contributed by atoms with E-state index in [1.54, 1.807) is 14.2 Å². The standard InChI is InChI=1S/C22H30O4/c1-12(2)13-10-14-15(19(25-6)18(13)24-5)11-22-9-7-8-21(3,4)20(22)16(23)17(14)26-22/h10,12,17,20H,7-9,11H2,1-6H3/t17-,20-,22+/m1/s1. The molecule has 0 amide bonds. The highest BCUT2D eigenvalue weighted by Gasteiger charge is 2.64. The number of methoxy groups -OCH3 is 2. The minimum Gasteiger partial charge on any atom is -0.493 e. The Labute approximate surface area is 156 Å². The molecule has 1 saturated heterocycles. The molecule has 1 aromatic rings. The number of rotatable bonds is 3. The highest BCUT2D eigenvalue weighted by Crippen LogP contribution is 2.62. The van der Waals surface area contributed by atoms with Crippen molar-refractivity contribution in [1.82, 2.24) is 0 Å². The van der Waals surface area contributed by atoms with Gasteiger partial charge in [0.15, 0.2) is 17.3 Å². The summed E-state index contributed by atoms with van der Waals surface area (Å²) in [5, 5.41) is 0. The Balaban J connectivity index is 1.94. The lowest BCUT2D eigenvalue weighted by Gasteiger charge is -2.47. The Kier molecular flexibility index (Phi) is 3.93. The van der Waals surface area contributed by atoms with Gasteiger partial charge in [-0.2, -0.15) is 0 Å². The molecule has 2 bridgehead atoms.